The molecule has 1 aromatic rings. The van der Waals surface area contributed by atoms with Crippen LogP contribution in [0.25, 0.3) is 0 Å². The highest BCUT2D eigenvalue weighted by atomic mass is 16.2. The summed E-state index contributed by atoms with van der Waals surface area (Å²) in [5, 5.41) is 3.45. The number of carbonyl (C=O) groups is 1. The number of likely N-dealkylation sites (tertiary alicyclic amines) is 1. The first-order chi connectivity index (χ1) is 9.29. The van der Waals surface area contributed by atoms with Crippen LogP contribution in [0.1, 0.15) is 31.7 Å². The average molecular weight is 260 g/mol. The van der Waals surface area contributed by atoms with Gasteiger partial charge in [-0.25, -0.2) is 0 Å². The molecule has 1 aliphatic heterocycles. The molecule has 1 unspecified atom stereocenters. The second kappa shape index (κ2) is 7.29. The standard InChI is InChI=1S/C16H24N2O/c1-2-17-15-9-6-12-18(13-15)16(19)11-10-14-7-4-3-5-8-14/h3-5,7-8,15,17H,2,6,9-13H2,1H3. The molecular formula is C16H24N2O. The van der Waals surface area contributed by atoms with Crippen LogP contribution in [0.2, 0.25) is 0 Å². The first-order valence-corrected chi connectivity index (χ1v) is 7.34. The Morgan fingerprint density at radius 2 is 2.16 bits per heavy atom. The largest absolute Gasteiger partial charge is 0.341 e. The molecule has 0 saturated carbocycles. The number of rotatable bonds is 5. The third kappa shape index (κ3) is 4.35. The zero-order valence-corrected chi connectivity index (χ0v) is 11.8. The molecule has 1 aliphatic rings. The van der Waals surface area contributed by atoms with Crippen molar-refractivity contribution in [2.45, 2.75) is 38.6 Å². The number of nitrogens with zero attached hydrogens (tertiary/aromatic N) is 1. The third-order valence-corrected chi connectivity index (χ3v) is 3.74. The molecule has 104 valence electrons. The van der Waals surface area contributed by atoms with Crippen molar-refractivity contribution in [1.82, 2.24) is 10.2 Å². The van der Waals surface area contributed by atoms with Gasteiger partial charge in [-0.3, -0.25) is 4.79 Å². The Balaban J connectivity index is 1.79. The van der Waals surface area contributed by atoms with Gasteiger partial charge in [0.1, 0.15) is 0 Å². The van der Waals surface area contributed by atoms with Gasteiger partial charge in [0.25, 0.3) is 0 Å². The molecule has 0 bridgehead atoms. The summed E-state index contributed by atoms with van der Waals surface area (Å²) < 4.78 is 0. The lowest BCUT2D eigenvalue weighted by atomic mass is 10.0. The molecule has 1 fully saturated rings. The van der Waals surface area contributed by atoms with E-state index in [1.807, 2.05) is 23.1 Å². The number of hydrogen-bond acceptors (Lipinski definition) is 2. The van der Waals surface area contributed by atoms with Crippen LogP contribution in [0.15, 0.2) is 30.3 Å². The lowest BCUT2D eigenvalue weighted by molar-refractivity contribution is -0.132. The van der Waals surface area contributed by atoms with E-state index in [4.69, 9.17) is 0 Å². The molecule has 1 amide bonds. The molecule has 3 heteroatoms. The molecule has 0 aromatic heterocycles. The molecule has 0 spiro atoms. The minimum atomic E-state index is 0.298. The summed E-state index contributed by atoms with van der Waals surface area (Å²) in [7, 11) is 0. The van der Waals surface area contributed by atoms with E-state index in [1.54, 1.807) is 0 Å². The number of hydrogen-bond donors (Lipinski definition) is 1. The molecular weight excluding hydrogens is 236 g/mol. The minimum Gasteiger partial charge on any atom is -0.341 e. The maximum absolute atomic E-state index is 12.2. The Labute approximate surface area is 116 Å². The van der Waals surface area contributed by atoms with Gasteiger partial charge in [-0.05, 0) is 31.4 Å². The Morgan fingerprint density at radius 3 is 2.89 bits per heavy atom. The van der Waals surface area contributed by atoms with Gasteiger partial charge in [0.05, 0.1) is 0 Å². The fourth-order valence-corrected chi connectivity index (χ4v) is 2.71. The third-order valence-electron chi connectivity index (χ3n) is 3.74. The molecule has 1 N–H and O–H groups in total. The van der Waals surface area contributed by atoms with Crippen LogP contribution in [-0.2, 0) is 11.2 Å². The van der Waals surface area contributed by atoms with E-state index < -0.39 is 0 Å². The van der Waals surface area contributed by atoms with Gasteiger partial charge in [-0.15, -0.1) is 0 Å². The van der Waals surface area contributed by atoms with E-state index in [0.29, 0.717) is 18.4 Å². The van der Waals surface area contributed by atoms with Crippen molar-refractivity contribution in [2.24, 2.45) is 0 Å². The maximum Gasteiger partial charge on any atom is 0.222 e. The van der Waals surface area contributed by atoms with Crippen LogP contribution in [-0.4, -0.2) is 36.5 Å². The van der Waals surface area contributed by atoms with Gasteiger partial charge >= 0.3 is 0 Å². The quantitative estimate of drug-likeness (QED) is 0.880. The number of carbonyl (C=O) groups excluding carboxylic acids is 1. The zero-order chi connectivity index (χ0) is 13.5. The van der Waals surface area contributed by atoms with E-state index in [9.17, 15) is 4.79 Å². The molecule has 1 saturated heterocycles. The maximum atomic E-state index is 12.2. The van der Waals surface area contributed by atoms with Crippen molar-refractivity contribution in [3.05, 3.63) is 35.9 Å². The first kappa shape index (κ1) is 14.1. The number of piperidine rings is 1. The Morgan fingerprint density at radius 1 is 1.37 bits per heavy atom. The average Bonchev–Trinajstić information content (AvgIpc) is 2.46. The van der Waals surface area contributed by atoms with Gasteiger partial charge in [-0.2, -0.15) is 0 Å². The van der Waals surface area contributed by atoms with Crippen LogP contribution in [0.5, 0.6) is 0 Å². The van der Waals surface area contributed by atoms with Crippen molar-refractivity contribution >= 4 is 5.91 Å². The molecule has 0 aliphatic carbocycles. The van der Waals surface area contributed by atoms with Crippen molar-refractivity contribution in [3.63, 3.8) is 0 Å². The van der Waals surface area contributed by atoms with Gasteiger partial charge in [0, 0.05) is 25.6 Å². The van der Waals surface area contributed by atoms with Crippen molar-refractivity contribution in [1.29, 1.82) is 0 Å². The van der Waals surface area contributed by atoms with Gasteiger partial charge in [-0.1, -0.05) is 37.3 Å². The number of amides is 1. The lowest BCUT2D eigenvalue weighted by Gasteiger charge is -2.33. The molecule has 2 rings (SSSR count). The summed E-state index contributed by atoms with van der Waals surface area (Å²) in [5.74, 6) is 0.298. The van der Waals surface area contributed by atoms with Crippen LogP contribution >= 0.6 is 0 Å². The van der Waals surface area contributed by atoms with Crippen molar-refractivity contribution in [3.8, 4) is 0 Å². The lowest BCUT2D eigenvalue weighted by Crippen LogP contribution is -2.48. The van der Waals surface area contributed by atoms with Gasteiger partial charge < -0.3 is 10.2 Å². The van der Waals surface area contributed by atoms with E-state index in [-0.39, 0.29) is 0 Å². The summed E-state index contributed by atoms with van der Waals surface area (Å²) in [6.45, 7) is 4.91. The van der Waals surface area contributed by atoms with Crippen LogP contribution < -0.4 is 5.32 Å². The fraction of sp³-hybridized carbons (Fsp3) is 0.562. The topological polar surface area (TPSA) is 32.3 Å². The number of nitrogens with one attached hydrogen (secondary N) is 1. The van der Waals surface area contributed by atoms with Crippen LogP contribution in [0.3, 0.4) is 0 Å². The summed E-state index contributed by atoms with van der Waals surface area (Å²) in [6.07, 6.45) is 3.79. The van der Waals surface area contributed by atoms with Crippen LogP contribution in [0.4, 0.5) is 0 Å². The fourth-order valence-electron chi connectivity index (χ4n) is 2.71. The normalized spacial score (nSPS) is 19.4. The molecule has 0 radical (unpaired) electrons. The summed E-state index contributed by atoms with van der Waals surface area (Å²) in [4.78, 5) is 14.2. The zero-order valence-electron chi connectivity index (χ0n) is 11.8. The van der Waals surface area contributed by atoms with E-state index >= 15 is 0 Å². The minimum absolute atomic E-state index is 0.298. The molecule has 1 atom stereocenters. The van der Waals surface area contributed by atoms with E-state index in [1.165, 1.54) is 12.0 Å². The predicted octanol–water partition coefficient (Wildman–Crippen LogP) is 2.22. The number of likely N-dealkylation sites (N-methyl/N-ethyl adjacent to an activating group) is 1. The monoisotopic (exact) mass is 260 g/mol. The van der Waals surface area contributed by atoms with Gasteiger partial charge in [0.15, 0.2) is 0 Å². The second-order valence-electron chi connectivity index (χ2n) is 5.22. The molecule has 1 aromatic carbocycles. The first-order valence-electron chi connectivity index (χ1n) is 7.34. The SMILES string of the molecule is CCNC1CCCN(C(=O)CCc2ccccc2)C1. The van der Waals surface area contributed by atoms with E-state index in [2.05, 4.69) is 24.4 Å². The highest BCUT2D eigenvalue weighted by Crippen LogP contribution is 2.12. The van der Waals surface area contributed by atoms with Gasteiger partial charge in [0.2, 0.25) is 5.91 Å². The van der Waals surface area contributed by atoms with Crippen molar-refractivity contribution < 1.29 is 4.79 Å². The highest BCUT2D eigenvalue weighted by molar-refractivity contribution is 5.76. The highest BCUT2D eigenvalue weighted by Gasteiger charge is 2.22. The summed E-state index contributed by atoms with van der Waals surface area (Å²) >= 11 is 0. The predicted molar refractivity (Wildman–Crippen MR) is 78.0 cm³/mol. The van der Waals surface area contributed by atoms with Crippen molar-refractivity contribution in [2.75, 3.05) is 19.6 Å². The Kier molecular flexibility index (Phi) is 5.40. The molecule has 19 heavy (non-hydrogen) atoms. The Hall–Kier alpha value is -1.35. The van der Waals surface area contributed by atoms with E-state index in [0.717, 1.165) is 32.5 Å². The Bertz CT molecular complexity index is 389. The number of aryl methyl sites for hydroxylation is 1. The molecule has 3 nitrogen and oxygen atoms in total. The number of benzene rings is 1. The molecule has 1 heterocycles. The smallest absolute Gasteiger partial charge is 0.222 e. The summed E-state index contributed by atoms with van der Waals surface area (Å²) in [6, 6.07) is 10.7. The van der Waals surface area contributed by atoms with Crippen LogP contribution in [0, 0.1) is 0 Å². The summed E-state index contributed by atoms with van der Waals surface area (Å²) in [5.41, 5.74) is 1.25. The second-order valence-corrected chi connectivity index (χ2v) is 5.22.